The number of benzene rings is 1. The van der Waals surface area contributed by atoms with Crippen molar-refractivity contribution in [1.82, 2.24) is 5.32 Å². The van der Waals surface area contributed by atoms with E-state index in [0.29, 0.717) is 0 Å². The Morgan fingerprint density at radius 1 is 1.10 bits per heavy atom. The van der Waals surface area contributed by atoms with Crippen LogP contribution >= 0.6 is 0 Å². The largest absolute Gasteiger partial charge is 0.494 e. The molecule has 3 heteroatoms. The van der Waals surface area contributed by atoms with Gasteiger partial charge in [-0.25, -0.2) is 0 Å². The summed E-state index contributed by atoms with van der Waals surface area (Å²) >= 11 is 0. The second kappa shape index (κ2) is 8.98. The molecule has 0 amide bonds. The van der Waals surface area contributed by atoms with Gasteiger partial charge in [0, 0.05) is 26.8 Å². The van der Waals surface area contributed by atoms with Crippen LogP contribution in [0.15, 0.2) is 24.3 Å². The molecule has 0 unspecified atom stereocenters. The second-order valence-electron chi connectivity index (χ2n) is 6.00. The minimum atomic E-state index is 0.264. The van der Waals surface area contributed by atoms with Gasteiger partial charge in [0.15, 0.2) is 0 Å². The van der Waals surface area contributed by atoms with Crippen molar-refractivity contribution in [2.75, 3.05) is 26.9 Å². The molecule has 0 bridgehead atoms. The summed E-state index contributed by atoms with van der Waals surface area (Å²) in [4.78, 5) is 0. The number of nitrogens with one attached hydrogen (secondary N) is 1. The first-order chi connectivity index (χ1) is 9.57. The number of rotatable bonds is 10. The van der Waals surface area contributed by atoms with Crippen molar-refractivity contribution < 1.29 is 9.47 Å². The molecule has 114 valence electrons. The first-order valence-electron chi connectivity index (χ1n) is 7.49. The first-order valence-corrected chi connectivity index (χ1v) is 7.49. The van der Waals surface area contributed by atoms with E-state index in [1.54, 1.807) is 7.11 Å². The van der Waals surface area contributed by atoms with Gasteiger partial charge in [0.1, 0.15) is 5.75 Å². The van der Waals surface area contributed by atoms with Crippen LogP contribution in [0.1, 0.15) is 39.2 Å². The molecular formula is C17H29NO2. The van der Waals surface area contributed by atoms with Gasteiger partial charge in [-0.2, -0.15) is 0 Å². The minimum Gasteiger partial charge on any atom is -0.494 e. The van der Waals surface area contributed by atoms with Gasteiger partial charge in [0.05, 0.1) is 6.61 Å². The molecule has 0 atom stereocenters. The van der Waals surface area contributed by atoms with Crippen LogP contribution in [0.3, 0.4) is 0 Å². The fraction of sp³-hybridized carbons (Fsp3) is 0.647. The van der Waals surface area contributed by atoms with E-state index in [-0.39, 0.29) is 5.41 Å². The highest BCUT2D eigenvalue weighted by Crippen LogP contribution is 2.19. The van der Waals surface area contributed by atoms with E-state index in [1.807, 2.05) is 12.1 Å². The van der Waals surface area contributed by atoms with Crippen LogP contribution in [-0.4, -0.2) is 26.9 Å². The van der Waals surface area contributed by atoms with Crippen LogP contribution in [0.2, 0.25) is 0 Å². The van der Waals surface area contributed by atoms with Gasteiger partial charge in [-0.05, 0) is 36.0 Å². The number of ether oxygens (including phenoxy) is 2. The molecule has 0 fully saturated rings. The summed E-state index contributed by atoms with van der Waals surface area (Å²) in [6.45, 7) is 10.1. The third kappa shape index (κ3) is 6.92. The maximum Gasteiger partial charge on any atom is 0.119 e. The molecule has 0 aliphatic carbocycles. The van der Waals surface area contributed by atoms with Crippen LogP contribution < -0.4 is 10.1 Å². The monoisotopic (exact) mass is 279 g/mol. The van der Waals surface area contributed by atoms with Gasteiger partial charge in [0.2, 0.25) is 0 Å². The van der Waals surface area contributed by atoms with E-state index in [1.165, 1.54) is 5.56 Å². The van der Waals surface area contributed by atoms with E-state index in [9.17, 15) is 0 Å². The third-order valence-corrected chi connectivity index (χ3v) is 3.31. The molecule has 0 aliphatic heterocycles. The highest BCUT2D eigenvalue weighted by atomic mass is 16.5. The Balaban J connectivity index is 2.31. The molecule has 1 rings (SSSR count). The highest BCUT2D eigenvalue weighted by molar-refractivity contribution is 5.27. The second-order valence-corrected chi connectivity index (χ2v) is 6.00. The minimum absolute atomic E-state index is 0.264. The van der Waals surface area contributed by atoms with Gasteiger partial charge in [-0.3, -0.25) is 0 Å². The van der Waals surface area contributed by atoms with Gasteiger partial charge in [-0.1, -0.05) is 32.9 Å². The molecule has 0 saturated heterocycles. The normalized spacial score (nSPS) is 11.6. The zero-order valence-electron chi connectivity index (χ0n) is 13.4. The van der Waals surface area contributed by atoms with E-state index in [2.05, 4.69) is 38.2 Å². The zero-order valence-corrected chi connectivity index (χ0v) is 13.4. The molecule has 0 aliphatic rings. The Hall–Kier alpha value is -1.06. The summed E-state index contributed by atoms with van der Waals surface area (Å²) in [7, 11) is 1.76. The zero-order chi connectivity index (χ0) is 14.8. The average Bonchev–Trinajstić information content (AvgIpc) is 2.44. The summed E-state index contributed by atoms with van der Waals surface area (Å²) in [5.74, 6) is 0.955. The molecule has 3 nitrogen and oxygen atoms in total. The van der Waals surface area contributed by atoms with E-state index < -0.39 is 0 Å². The van der Waals surface area contributed by atoms with Gasteiger partial charge >= 0.3 is 0 Å². The van der Waals surface area contributed by atoms with E-state index in [0.717, 1.165) is 44.9 Å². The quantitative estimate of drug-likeness (QED) is 0.709. The SMILES string of the molecule is CCCOc1ccc(CNCC(C)(C)CCOC)cc1. The van der Waals surface area contributed by atoms with Crippen molar-refractivity contribution >= 4 is 0 Å². The Kier molecular flexibility index (Phi) is 7.63. The lowest BCUT2D eigenvalue weighted by atomic mass is 9.89. The fourth-order valence-corrected chi connectivity index (χ4v) is 1.94. The van der Waals surface area contributed by atoms with Gasteiger partial charge in [0.25, 0.3) is 0 Å². The lowest BCUT2D eigenvalue weighted by Crippen LogP contribution is -2.30. The maximum atomic E-state index is 5.58. The predicted octanol–water partition coefficient (Wildman–Crippen LogP) is 3.63. The Morgan fingerprint density at radius 3 is 2.40 bits per heavy atom. The topological polar surface area (TPSA) is 30.5 Å². The average molecular weight is 279 g/mol. The Bertz CT molecular complexity index is 360. The van der Waals surface area contributed by atoms with E-state index in [4.69, 9.17) is 9.47 Å². The summed E-state index contributed by atoms with van der Waals surface area (Å²) in [6, 6.07) is 8.34. The standard InChI is InChI=1S/C17H29NO2/c1-5-11-20-16-8-6-15(7-9-16)13-18-14-17(2,3)10-12-19-4/h6-9,18H,5,10-14H2,1-4H3. The summed E-state index contributed by atoms with van der Waals surface area (Å²) in [6.07, 6.45) is 2.11. The molecule has 20 heavy (non-hydrogen) atoms. The van der Waals surface area contributed by atoms with Crippen molar-refractivity contribution in [1.29, 1.82) is 0 Å². The number of hydrogen-bond acceptors (Lipinski definition) is 3. The third-order valence-electron chi connectivity index (χ3n) is 3.31. The molecule has 0 saturated carbocycles. The summed E-state index contributed by atoms with van der Waals surface area (Å²) in [5, 5.41) is 3.52. The number of hydrogen-bond donors (Lipinski definition) is 1. The summed E-state index contributed by atoms with van der Waals surface area (Å²) < 4.78 is 10.7. The maximum absolute atomic E-state index is 5.58. The smallest absolute Gasteiger partial charge is 0.119 e. The van der Waals surface area contributed by atoms with Crippen LogP contribution in [0.5, 0.6) is 5.75 Å². The molecule has 0 aromatic heterocycles. The van der Waals surface area contributed by atoms with Crippen LogP contribution in [0, 0.1) is 5.41 Å². The molecular weight excluding hydrogens is 250 g/mol. The van der Waals surface area contributed by atoms with Crippen molar-refractivity contribution in [2.24, 2.45) is 5.41 Å². The molecule has 1 aromatic rings. The van der Waals surface area contributed by atoms with Crippen molar-refractivity contribution in [3.05, 3.63) is 29.8 Å². The van der Waals surface area contributed by atoms with E-state index >= 15 is 0 Å². The van der Waals surface area contributed by atoms with Crippen molar-refractivity contribution in [3.8, 4) is 5.75 Å². The number of methoxy groups -OCH3 is 1. The van der Waals surface area contributed by atoms with Gasteiger partial charge in [-0.15, -0.1) is 0 Å². The fourth-order valence-electron chi connectivity index (χ4n) is 1.94. The highest BCUT2D eigenvalue weighted by Gasteiger charge is 2.16. The van der Waals surface area contributed by atoms with Gasteiger partial charge < -0.3 is 14.8 Å². The molecule has 0 spiro atoms. The predicted molar refractivity (Wildman–Crippen MR) is 84.2 cm³/mol. The molecule has 0 radical (unpaired) electrons. The van der Waals surface area contributed by atoms with Crippen molar-refractivity contribution in [2.45, 2.75) is 40.2 Å². The molecule has 1 N–H and O–H groups in total. The van der Waals surface area contributed by atoms with Crippen LogP contribution in [-0.2, 0) is 11.3 Å². The summed E-state index contributed by atoms with van der Waals surface area (Å²) in [5.41, 5.74) is 1.55. The molecule has 0 heterocycles. The lowest BCUT2D eigenvalue weighted by Gasteiger charge is -2.24. The Labute approximate surface area is 123 Å². The van der Waals surface area contributed by atoms with Crippen molar-refractivity contribution in [3.63, 3.8) is 0 Å². The molecule has 1 aromatic carbocycles. The lowest BCUT2D eigenvalue weighted by molar-refractivity contribution is 0.150. The first kappa shape index (κ1) is 17.0. The van der Waals surface area contributed by atoms with Crippen LogP contribution in [0.25, 0.3) is 0 Å². The van der Waals surface area contributed by atoms with Crippen LogP contribution in [0.4, 0.5) is 0 Å². The Morgan fingerprint density at radius 2 is 1.80 bits per heavy atom.